The Balaban J connectivity index is 3.17. The summed E-state index contributed by atoms with van der Waals surface area (Å²) in [5.74, 6) is -0.280. The van der Waals surface area contributed by atoms with Gasteiger partial charge in [-0.05, 0) is 63.2 Å². The fraction of sp³-hybridized carbons (Fsp3) is 0.607. The van der Waals surface area contributed by atoms with Crippen LogP contribution in [-0.4, -0.2) is 63.1 Å². The van der Waals surface area contributed by atoms with Crippen LogP contribution in [0, 0.1) is 5.92 Å². The Labute approximate surface area is 218 Å². The quantitative estimate of drug-likeness (QED) is 0.212. The zero-order valence-corrected chi connectivity index (χ0v) is 24.8. The van der Waals surface area contributed by atoms with Gasteiger partial charge in [-0.15, -0.1) is 0 Å². The topological polar surface area (TPSA) is 94.5 Å². The molecule has 0 aliphatic rings. The second-order valence-corrected chi connectivity index (χ2v) is 15.8. The molecule has 0 aliphatic carbocycles. The molecule has 0 bridgehead atoms. The summed E-state index contributed by atoms with van der Waals surface area (Å²) in [7, 11) is 1.15. The summed E-state index contributed by atoms with van der Waals surface area (Å²) < 4.78 is 22.6. The molecule has 8 heteroatoms. The van der Waals surface area contributed by atoms with Gasteiger partial charge in [0.05, 0.1) is 38.1 Å². The lowest BCUT2D eigenvalue weighted by Crippen LogP contribution is -2.48. The van der Waals surface area contributed by atoms with Crippen molar-refractivity contribution in [1.82, 2.24) is 0 Å². The molecule has 2 unspecified atom stereocenters. The van der Waals surface area contributed by atoms with Crippen molar-refractivity contribution in [2.45, 2.75) is 84.4 Å². The first-order valence-corrected chi connectivity index (χ1v) is 15.2. The normalized spacial score (nSPS) is 17.3. The molecule has 2 N–H and O–H groups in total. The molecule has 36 heavy (non-hydrogen) atoms. The summed E-state index contributed by atoms with van der Waals surface area (Å²) in [6.45, 7) is 18.2. The van der Waals surface area contributed by atoms with Gasteiger partial charge in [0.15, 0.2) is 19.8 Å². The second kappa shape index (κ2) is 12.9. The number of aliphatic hydroxyl groups is 2. The zero-order chi connectivity index (χ0) is 27.9. The van der Waals surface area contributed by atoms with Crippen molar-refractivity contribution in [2.75, 3.05) is 20.8 Å². The largest absolute Gasteiger partial charge is 0.493 e. The Morgan fingerprint density at radius 2 is 1.67 bits per heavy atom. The minimum absolute atomic E-state index is 0.122. The molecule has 0 aromatic heterocycles. The van der Waals surface area contributed by atoms with Crippen LogP contribution >= 0.6 is 0 Å². The van der Waals surface area contributed by atoms with E-state index in [1.807, 2.05) is 19.1 Å². The van der Waals surface area contributed by atoms with Crippen molar-refractivity contribution < 1.29 is 33.6 Å². The van der Waals surface area contributed by atoms with Crippen LogP contribution in [-0.2, 0) is 9.16 Å². The van der Waals surface area contributed by atoms with E-state index in [-0.39, 0.29) is 10.6 Å². The van der Waals surface area contributed by atoms with Gasteiger partial charge in [0.25, 0.3) is 0 Å². The Morgan fingerprint density at radius 3 is 2.17 bits per heavy atom. The summed E-state index contributed by atoms with van der Waals surface area (Å²) in [5.41, 5.74) is -0.368. The molecule has 0 aliphatic heterocycles. The average Bonchev–Trinajstić information content (AvgIpc) is 2.79. The maximum absolute atomic E-state index is 13.0. The molecule has 0 fully saturated rings. The summed E-state index contributed by atoms with van der Waals surface area (Å²) in [5, 5.41) is 21.2. The smallest absolute Gasteiger partial charge is 0.338 e. The number of methoxy groups -OCH3 is 2. The van der Waals surface area contributed by atoms with Crippen molar-refractivity contribution in [2.24, 2.45) is 5.92 Å². The van der Waals surface area contributed by atoms with E-state index >= 15 is 0 Å². The minimum atomic E-state index is -1.86. The van der Waals surface area contributed by atoms with Crippen LogP contribution in [0.25, 0.3) is 0 Å². The molecule has 0 radical (unpaired) electrons. The Bertz CT molecular complexity index is 926. The Morgan fingerprint density at radius 1 is 1.08 bits per heavy atom. The molecule has 1 aromatic rings. The fourth-order valence-corrected chi connectivity index (χ4v) is 4.12. The number of carbonyl (C=O) groups is 1. The molecule has 4 atom stereocenters. The zero-order valence-electron chi connectivity index (χ0n) is 23.8. The first-order valence-electron chi connectivity index (χ1n) is 12.3. The number of benzene rings is 1. The van der Waals surface area contributed by atoms with Gasteiger partial charge in [-0.1, -0.05) is 45.4 Å². The van der Waals surface area contributed by atoms with Crippen molar-refractivity contribution in [3.63, 3.8) is 0 Å². The lowest BCUT2D eigenvalue weighted by atomic mass is 9.81. The molecule has 204 valence electrons. The second-order valence-electron chi connectivity index (χ2n) is 11.0. The first-order chi connectivity index (χ1) is 16.5. The number of rotatable bonds is 12. The van der Waals surface area contributed by atoms with Gasteiger partial charge in [0, 0.05) is 5.92 Å². The van der Waals surface area contributed by atoms with E-state index in [0.29, 0.717) is 18.1 Å². The molecule has 0 spiro atoms. The number of carbonyl (C=O) groups excluding carboxylic acids is 1. The van der Waals surface area contributed by atoms with Gasteiger partial charge in [-0.2, -0.15) is 0 Å². The van der Waals surface area contributed by atoms with Crippen LogP contribution in [0.1, 0.15) is 58.8 Å². The van der Waals surface area contributed by atoms with Crippen molar-refractivity contribution in [3.05, 3.63) is 47.6 Å². The van der Waals surface area contributed by atoms with Crippen LogP contribution in [0.4, 0.5) is 0 Å². The van der Waals surface area contributed by atoms with Crippen LogP contribution in [0.5, 0.6) is 11.5 Å². The van der Waals surface area contributed by atoms with E-state index in [4.69, 9.17) is 18.6 Å². The van der Waals surface area contributed by atoms with Crippen molar-refractivity contribution in [3.8, 4) is 11.5 Å². The predicted molar refractivity (Wildman–Crippen MR) is 146 cm³/mol. The highest BCUT2D eigenvalue weighted by Gasteiger charge is 2.39. The summed E-state index contributed by atoms with van der Waals surface area (Å²) in [6.07, 6.45) is 3.80. The SMILES string of the molecule is COc1ccc(C(=O)O[C@H](/C=C(C)\C=C\CO[Si](C)(C)C(C)(C)C)[C@@H](C)C(C)(O)C(C)O)cc1OC. The molecule has 0 saturated heterocycles. The number of esters is 1. The summed E-state index contributed by atoms with van der Waals surface area (Å²) in [4.78, 5) is 13.0. The number of hydrogen-bond acceptors (Lipinski definition) is 7. The molecule has 0 heterocycles. The van der Waals surface area contributed by atoms with Gasteiger partial charge >= 0.3 is 5.97 Å². The van der Waals surface area contributed by atoms with E-state index < -0.39 is 38.0 Å². The Hall–Kier alpha value is -2.13. The molecule has 0 saturated carbocycles. The number of allylic oxidation sites excluding steroid dienone is 2. The monoisotopic (exact) mass is 522 g/mol. The standard InChI is InChI=1S/C28H46O7Si/c1-19(13-12-16-34-36(10,11)27(4,5)6)17-24(20(2)28(7,31)21(3)29)35-26(30)22-14-15-23(32-8)25(18-22)33-9/h12-15,17-18,20-21,24,29,31H,16H2,1-11H3/b13-12+,19-17-/t20-,21?,24-,28?/m1/s1. The van der Waals surface area contributed by atoms with E-state index in [1.165, 1.54) is 28.1 Å². The van der Waals surface area contributed by atoms with Crippen LogP contribution < -0.4 is 9.47 Å². The average molecular weight is 523 g/mol. The highest BCUT2D eigenvalue weighted by atomic mass is 28.4. The van der Waals surface area contributed by atoms with E-state index in [9.17, 15) is 15.0 Å². The van der Waals surface area contributed by atoms with E-state index in [0.717, 1.165) is 5.57 Å². The molecule has 1 rings (SSSR count). The highest BCUT2D eigenvalue weighted by Crippen LogP contribution is 2.36. The lowest BCUT2D eigenvalue weighted by Gasteiger charge is -2.36. The molecule has 7 nitrogen and oxygen atoms in total. The van der Waals surface area contributed by atoms with Gasteiger partial charge in [-0.3, -0.25) is 0 Å². The maximum Gasteiger partial charge on any atom is 0.338 e. The van der Waals surface area contributed by atoms with E-state index in [2.05, 4.69) is 33.9 Å². The van der Waals surface area contributed by atoms with Gasteiger partial charge in [-0.25, -0.2) is 4.79 Å². The number of hydrogen-bond donors (Lipinski definition) is 2. The lowest BCUT2D eigenvalue weighted by molar-refractivity contribution is -0.113. The third-order valence-electron chi connectivity index (χ3n) is 7.28. The van der Waals surface area contributed by atoms with E-state index in [1.54, 1.807) is 31.2 Å². The third kappa shape index (κ3) is 8.47. The highest BCUT2D eigenvalue weighted by molar-refractivity contribution is 6.74. The summed E-state index contributed by atoms with van der Waals surface area (Å²) >= 11 is 0. The van der Waals surface area contributed by atoms with Gasteiger partial charge in [0.1, 0.15) is 6.10 Å². The molecular formula is C28H46O7Si. The minimum Gasteiger partial charge on any atom is -0.493 e. The Kier molecular flexibility index (Phi) is 11.4. The predicted octanol–water partition coefficient (Wildman–Crippen LogP) is 5.52. The number of ether oxygens (including phenoxy) is 3. The third-order valence-corrected chi connectivity index (χ3v) is 11.8. The maximum atomic E-state index is 13.0. The van der Waals surface area contributed by atoms with Crippen molar-refractivity contribution >= 4 is 14.3 Å². The van der Waals surface area contributed by atoms with Crippen molar-refractivity contribution in [1.29, 1.82) is 0 Å². The van der Waals surface area contributed by atoms with Crippen LogP contribution in [0.3, 0.4) is 0 Å². The fourth-order valence-electron chi connectivity index (χ4n) is 3.17. The molecule has 0 amide bonds. The van der Waals surface area contributed by atoms with Crippen LogP contribution in [0.15, 0.2) is 42.0 Å². The van der Waals surface area contributed by atoms with Gasteiger partial charge < -0.3 is 28.8 Å². The van der Waals surface area contributed by atoms with Gasteiger partial charge in [0.2, 0.25) is 0 Å². The molecule has 1 aromatic carbocycles. The molecular weight excluding hydrogens is 476 g/mol. The van der Waals surface area contributed by atoms with Crippen LogP contribution in [0.2, 0.25) is 18.1 Å². The first kappa shape index (κ1) is 31.9. The summed E-state index contributed by atoms with van der Waals surface area (Å²) in [6, 6.07) is 4.77. The number of aliphatic hydroxyl groups excluding tert-OH is 1.